The van der Waals surface area contributed by atoms with E-state index >= 15 is 0 Å². The molecule has 18 heavy (non-hydrogen) atoms. The molecule has 3 rings (SSSR count). The molecule has 3 aliphatic carbocycles. The molecule has 0 bridgehead atoms. The molecule has 0 amide bonds. The van der Waals surface area contributed by atoms with Crippen molar-refractivity contribution in [2.75, 3.05) is 0 Å². The van der Waals surface area contributed by atoms with Crippen LogP contribution in [0.25, 0.3) is 0 Å². The van der Waals surface area contributed by atoms with Crippen LogP contribution in [0, 0.1) is 5.41 Å². The van der Waals surface area contributed by atoms with Gasteiger partial charge in [0.2, 0.25) is 0 Å². The summed E-state index contributed by atoms with van der Waals surface area (Å²) in [5, 5.41) is 0. The molecule has 0 heteroatoms. The van der Waals surface area contributed by atoms with Gasteiger partial charge in [0.25, 0.3) is 0 Å². The zero-order valence-electron chi connectivity index (χ0n) is 11.5. The molecule has 0 radical (unpaired) electrons. The van der Waals surface area contributed by atoms with E-state index in [0.717, 1.165) is 12.8 Å². The highest BCUT2D eigenvalue weighted by Gasteiger charge is 2.24. The van der Waals surface area contributed by atoms with Crippen LogP contribution in [0.1, 0.15) is 33.6 Å². The molecule has 0 aromatic carbocycles. The summed E-state index contributed by atoms with van der Waals surface area (Å²) in [6, 6.07) is 0. The normalized spacial score (nSPS) is 24.7. The van der Waals surface area contributed by atoms with Crippen LogP contribution in [0.5, 0.6) is 0 Å². The van der Waals surface area contributed by atoms with Crippen molar-refractivity contribution in [2.45, 2.75) is 33.6 Å². The zero-order valence-corrected chi connectivity index (χ0v) is 11.5. The highest BCUT2D eigenvalue weighted by Crippen LogP contribution is 2.42. The van der Waals surface area contributed by atoms with E-state index in [1.807, 2.05) is 0 Å². The summed E-state index contributed by atoms with van der Waals surface area (Å²) in [4.78, 5) is 0. The Labute approximate surface area is 110 Å². The third kappa shape index (κ3) is 1.96. The molecule has 0 saturated carbocycles. The molecule has 0 aliphatic heterocycles. The third-order valence-electron chi connectivity index (χ3n) is 3.96. The van der Waals surface area contributed by atoms with E-state index in [4.69, 9.17) is 0 Å². The molecule has 0 atom stereocenters. The van der Waals surface area contributed by atoms with Gasteiger partial charge in [-0.1, -0.05) is 62.0 Å². The van der Waals surface area contributed by atoms with Gasteiger partial charge in [-0.15, -0.1) is 0 Å². The van der Waals surface area contributed by atoms with Crippen LogP contribution < -0.4 is 0 Å². The van der Waals surface area contributed by atoms with Gasteiger partial charge in [-0.05, 0) is 42.1 Å². The fraction of sp³-hybridized carbons (Fsp3) is 0.333. The van der Waals surface area contributed by atoms with Gasteiger partial charge in [-0.25, -0.2) is 0 Å². The molecule has 92 valence electrons. The Morgan fingerprint density at radius 3 is 2.67 bits per heavy atom. The van der Waals surface area contributed by atoms with E-state index in [1.54, 1.807) is 0 Å². The Kier molecular flexibility index (Phi) is 2.55. The molecule has 0 heterocycles. The van der Waals surface area contributed by atoms with Gasteiger partial charge in [0.05, 0.1) is 0 Å². The van der Waals surface area contributed by atoms with Crippen molar-refractivity contribution in [3.63, 3.8) is 0 Å². The van der Waals surface area contributed by atoms with E-state index in [1.165, 1.54) is 27.9 Å². The van der Waals surface area contributed by atoms with Gasteiger partial charge in [-0.3, -0.25) is 0 Å². The predicted molar refractivity (Wildman–Crippen MR) is 78.2 cm³/mol. The van der Waals surface area contributed by atoms with Crippen molar-refractivity contribution in [3.05, 3.63) is 70.4 Å². The van der Waals surface area contributed by atoms with Crippen LogP contribution in [-0.4, -0.2) is 0 Å². The summed E-state index contributed by atoms with van der Waals surface area (Å²) in [5.41, 5.74) is 7.45. The SMILES string of the molecule is CC1=CC=C2C(=CC1)CC1=C2C=CC(C)(C)C=C1. The van der Waals surface area contributed by atoms with Gasteiger partial charge < -0.3 is 0 Å². The lowest BCUT2D eigenvalue weighted by atomic mass is 9.92. The average molecular weight is 236 g/mol. The van der Waals surface area contributed by atoms with E-state index in [9.17, 15) is 0 Å². The van der Waals surface area contributed by atoms with Crippen LogP contribution in [-0.2, 0) is 0 Å². The monoisotopic (exact) mass is 236 g/mol. The lowest BCUT2D eigenvalue weighted by Gasteiger charge is -2.13. The predicted octanol–water partition coefficient (Wildman–Crippen LogP) is 5.04. The molecule has 0 fully saturated rings. The Bertz CT molecular complexity index is 569. The summed E-state index contributed by atoms with van der Waals surface area (Å²) in [6.45, 7) is 6.71. The van der Waals surface area contributed by atoms with Crippen LogP contribution in [0.4, 0.5) is 0 Å². The Morgan fingerprint density at radius 2 is 1.83 bits per heavy atom. The number of fused-ring (bicyclic) bond motifs is 2. The van der Waals surface area contributed by atoms with E-state index < -0.39 is 0 Å². The topological polar surface area (TPSA) is 0 Å². The molecule has 0 unspecified atom stereocenters. The smallest absolute Gasteiger partial charge is 0.00110 e. The standard InChI is InChI=1S/C18H20/c1-13-4-6-14-12-15-8-10-18(2,3)11-9-17(15)16(14)7-5-13/h5-11H,4,12H2,1-3H3. The lowest BCUT2D eigenvalue weighted by molar-refractivity contribution is 0.626. The molecule has 0 nitrogen and oxygen atoms in total. The van der Waals surface area contributed by atoms with E-state index in [-0.39, 0.29) is 5.41 Å². The molecular formula is C18H20. The number of allylic oxidation sites excluding steroid dienone is 12. The maximum Gasteiger partial charge on any atom is 0.00110 e. The minimum absolute atomic E-state index is 0.172. The Morgan fingerprint density at radius 1 is 1.06 bits per heavy atom. The summed E-state index contributed by atoms with van der Waals surface area (Å²) in [5.74, 6) is 0. The largest absolute Gasteiger partial charge is 0.0763 e. The second kappa shape index (κ2) is 3.98. The van der Waals surface area contributed by atoms with Crippen LogP contribution >= 0.6 is 0 Å². The quantitative estimate of drug-likeness (QED) is 0.552. The van der Waals surface area contributed by atoms with Crippen molar-refractivity contribution in [1.29, 1.82) is 0 Å². The first-order valence-corrected chi connectivity index (χ1v) is 6.74. The van der Waals surface area contributed by atoms with Crippen molar-refractivity contribution in [1.82, 2.24) is 0 Å². The molecule has 0 aromatic rings. The molecule has 0 spiro atoms. The Balaban J connectivity index is 2.07. The van der Waals surface area contributed by atoms with Crippen molar-refractivity contribution in [2.24, 2.45) is 5.41 Å². The average Bonchev–Trinajstić information content (AvgIpc) is 2.45. The first-order chi connectivity index (χ1) is 8.55. The zero-order chi connectivity index (χ0) is 12.8. The number of rotatable bonds is 0. The van der Waals surface area contributed by atoms with Gasteiger partial charge in [0.1, 0.15) is 0 Å². The number of hydrogen-bond donors (Lipinski definition) is 0. The van der Waals surface area contributed by atoms with E-state index in [0.29, 0.717) is 0 Å². The maximum atomic E-state index is 2.39. The molecule has 3 aliphatic rings. The van der Waals surface area contributed by atoms with Gasteiger partial charge in [0, 0.05) is 5.41 Å². The van der Waals surface area contributed by atoms with Gasteiger partial charge in [0.15, 0.2) is 0 Å². The Hall–Kier alpha value is -1.56. The first kappa shape index (κ1) is 11.5. The minimum Gasteiger partial charge on any atom is -0.0763 e. The van der Waals surface area contributed by atoms with Crippen LogP contribution in [0.2, 0.25) is 0 Å². The highest BCUT2D eigenvalue weighted by molar-refractivity contribution is 5.66. The van der Waals surface area contributed by atoms with Crippen molar-refractivity contribution < 1.29 is 0 Å². The number of hydrogen-bond acceptors (Lipinski definition) is 0. The molecule has 0 saturated heterocycles. The van der Waals surface area contributed by atoms with Gasteiger partial charge in [-0.2, -0.15) is 0 Å². The first-order valence-electron chi connectivity index (χ1n) is 6.74. The summed E-state index contributed by atoms with van der Waals surface area (Å²) in [7, 11) is 0. The molecular weight excluding hydrogens is 216 g/mol. The van der Waals surface area contributed by atoms with Gasteiger partial charge >= 0.3 is 0 Å². The fourth-order valence-corrected chi connectivity index (χ4v) is 2.71. The maximum absolute atomic E-state index is 2.39. The lowest BCUT2D eigenvalue weighted by Crippen LogP contribution is -2.01. The van der Waals surface area contributed by atoms with Crippen LogP contribution in [0.15, 0.2) is 70.4 Å². The summed E-state index contributed by atoms with van der Waals surface area (Å²) < 4.78 is 0. The van der Waals surface area contributed by atoms with Crippen LogP contribution in [0.3, 0.4) is 0 Å². The second-order valence-electron chi connectivity index (χ2n) is 6.13. The molecule has 0 N–H and O–H groups in total. The van der Waals surface area contributed by atoms with E-state index in [2.05, 4.69) is 63.3 Å². The highest BCUT2D eigenvalue weighted by atomic mass is 14.3. The van der Waals surface area contributed by atoms with Crippen molar-refractivity contribution in [3.8, 4) is 0 Å². The third-order valence-corrected chi connectivity index (χ3v) is 3.96. The molecule has 0 aromatic heterocycles. The second-order valence-corrected chi connectivity index (χ2v) is 6.13. The summed E-state index contributed by atoms with van der Waals surface area (Å²) in [6.07, 6.45) is 18.4. The summed E-state index contributed by atoms with van der Waals surface area (Å²) >= 11 is 0. The van der Waals surface area contributed by atoms with Crippen molar-refractivity contribution >= 4 is 0 Å². The minimum atomic E-state index is 0.172. The fourth-order valence-electron chi connectivity index (χ4n) is 2.71.